The molecule has 1 rings (SSSR count). The molecular weight excluding hydrogens is 230 g/mol. The van der Waals surface area contributed by atoms with Crippen molar-refractivity contribution in [3.63, 3.8) is 0 Å². The van der Waals surface area contributed by atoms with Crippen LogP contribution in [0.4, 0.5) is 0 Å². The molecule has 1 heterocycles. The summed E-state index contributed by atoms with van der Waals surface area (Å²) in [6.07, 6.45) is 3.91. The molecule has 5 nitrogen and oxygen atoms in total. The number of esters is 1. The van der Waals surface area contributed by atoms with Gasteiger partial charge in [0.15, 0.2) is 0 Å². The van der Waals surface area contributed by atoms with Crippen molar-refractivity contribution in [1.82, 2.24) is 4.98 Å². The van der Waals surface area contributed by atoms with Crippen molar-refractivity contribution >= 4 is 17.4 Å². The highest BCUT2D eigenvalue weighted by atomic mass is 16.5. The van der Waals surface area contributed by atoms with E-state index in [4.69, 9.17) is 15.6 Å². The molecule has 2 N–H and O–H groups in total. The molecule has 0 aliphatic heterocycles. The third kappa shape index (κ3) is 4.29. The Morgan fingerprint density at radius 3 is 2.61 bits per heavy atom. The van der Waals surface area contributed by atoms with Gasteiger partial charge in [0, 0.05) is 6.20 Å². The zero-order valence-corrected chi connectivity index (χ0v) is 10.3. The van der Waals surface area contributed by atoms with E-state index in [1.54, 1.807) is 38.2 Å². The summed E-state index contributed by atoms with van der Waals surface area (Å²) in [6.45, 7) is 3.43. The van der Waals surface area contributed by atoms with Gasteiger partial charge >= 0.3 is 5.97 Å². The predicted molar refractivity (Wildman–Crippen MR) is 69.2 cm³/mol. The average Bonchev–Trinajstić information content (AvgIpc) is 2.35. The molecule has 0 fully saturated rings. The minimum atomic E-state index is -0.699. The highest BCUT2D eigenvalue weighted by Gasteiger charge is 2.09. The van der Waals surface area contributed by atoms with Crippen molar-refractivity contribution in [3.8, 4) is 0 Å². The fourth-order valence-corrected chi connectivity index (χ4v) is 1.12. The smallest absolute Gasteiger partial charge is 0.356 e. The fourth-order valence-electron chi connectivity index (χ4n) is 1.12. The number of carbonyl (C=O) groups excluding carboxylic acids is 1. The van der Waals surface area contributed by atoms with Crippen LogP contribution < -0.4 is 0 Å². The zero-order valence-electron chi connectivity index (χ0n) is 10.3. The summed E-state index contributed by atoms with van der Waals surface area (Å²) in [5, 5.41) is 15.2. The molecule has 0 saturated carbocycles. The van der Waals surface area contributed by atoms with E-state index in [1.807, 2.05) is 0 Å². The van der Waals surface area contributed by atoms with Gasteiger partial charge in [0.1, 0.15) is 5.71 Å². The van der Waals surface area contributed by atoms with E-state index < -0.39 is 5.97 Å². The van der Waals surface area contributed by atoms with Crippen LogP contribution in [0.15, 0.2) is 36.5 Å². The summed E-state index contributed by atoms with van der Waals surface area (Å²) < 4.78 is 4.85. The standard InChI is InChI=1S/C13H15N3O2/c1-9(2)18-13(17)11(15)7-6-10(14)12-5-3-4-8-16-12/h3-9,14-15H,1-2H3/b7-6-,14-10?,15-11?. The van der Waals surface area contributed by atoms with Gasteiger partial charge in [-0.15, -0.1) is 0 Å². The zero-order chi connectivity index (χ0) is 13.5. The first-order valence-electron chi connectivity index (χ1n) is 5.48. The first kappa shape index (κ1) is 13.8. The summed E-state index contributed by atoms with van der Waals surface area (Å²) in [5.41, 5.74) is 0.334. The maximum Gasteiger partial charge on any atom is 0.356 e. The van der Waals surface area contributed by atoms with E-state index in [2.05, 4.69) is 4.98 Å². The maximum atomic E-state index is 11.3. The molecule has 18 heavy (non-hydrogen) atoms. The molecule has 0 aliphatic carbocycles. The number of carbonyl (C=O) groups is 1. The van der Waals surface area contributed by atoms with Crippen LogP contribution in [0.3, 0.4) is 0 Å². The monoisotopic (exact) mass is 245 g/mol. The lowest BCUT2D eigenvalue weighted by Gasteiger charge is -2.06. The van der Waals surface area contributed by atoms with Crippen LogP contribution in [-0.4, -0.2) is 28.5 Å². The Labute approximate surface area is 106 Å². The van der Waals surface area contributed by atoms with Gasteiger partial charge in [0.25, 0.3) is 0 Å². The number of pyridine rings is 1. The molecule has 1 aromatic heterocycles. The Morgan fingerprint density at radius 2 is 2.06 bits per heavy atom. The Hall–Kier alpha value is -2.30. The molecule has 0 amide bonds. The van der Waals surface area contributed by atoms with Gasteiger partial charge in [-0.1, -0.05) is 6.07 Å². The summed E-state index contributed by atoms with van der Waals surface area (Å²) in [5.74, 6) is -0.699. The molecule has 1 aromatic rings. The highest BCUT2D eigenvalue weighted by Crippen LogP contribution is 1.97. The minimum Gasteiger partial charge on any atom is -0.458 e. The number of hydrogen-bond donors (Lipinski definition) is 2. The second kappa shape index (κ2) is 6.44. The number of allylic oxidation sites excluding steroid dienone is 1. The van der Waals surface area contributed by atoms with Gasteiger partial charge in [-0.05, 0) is 38.1 Å². The minimum absolute atomic E-state index is 0.137. The molecule has 0 aliphatic rings. The number of nitrogens with one attached hydrogen (secondary N) is 2. The molecule has 0 spiro atoms. The first-order valence-corrected chi connectivity index (χ1v) is 5.48. The first-order chi connectivity index (χ1) is 8.50. The maximum absolute atomic E-state index is 11.3. The number of aromatic nitrogens is 1. The Morgan fingerprint density at radius 1 is 1.33 bits per heavy atom. The molecule has 0 bridgehead atoms. The van der Waals surface area contributed by atoms with Gasteiger partial charge in [-0.3, -0.25) is 15.8 Å². The fraction of sp³-hybridized carbons (Fsp3) is 0.231. The van der Waals surface area contributed by atoms with E-state index in [9.17, 15) is 4.79 Å². The molecule has 0 unspecified atom stereocenters. The third-order valence-electron chi connectivity index (χ3n) is 1.92. The molecular formula is C13H15N3O2. The second-order valence-corrected chi connectivity index (χ2v) is 3.83. The van der Waals surface area contributed by atoms with Crippen molar-refractivity contribution < 1.29 is 9.53 Å². The highest BCUT2D eigenvalue weighted by molar-refractivity contribution is 6.40. The van der Waals surface area contributed by atoms with Gasteiger partial charge in [0.2, 0.25) is 0 Å². The van der Waals surface area contributed by atoms with Crippen molar-refractivity contribution in [2.75, 3.05) is 0 Å². The Kier molecular flexibility index (Phi) is 4.92. The molecule has 0 radical (unpaired) electrons. The van der Waals surface area contributed by atoms with Crippen LogP contribution >= 0.6 is 0 Å². The largest absolute Gasteiger partial charge is 0.458 e. The lowest BCUT2D eigenvalue weighted by atomic mass is 10.2. The average molecular weight is 245 g/mol. The molecule has 0 saturated heterocycles. The lowest BCUT2D eigenvalue weighted by Crippen LogP contribution is -2.18. The van der Waals surface area contributed by atoms with E-state index in [0.29, 0.717) is 5.69 Å². The summed E-state index contributed by atoms with van der Waals surface area (Å²) in [4.78, 5) is 15.3. The Balaban J connectivity index is 2.62. The van der Waals surface area contributed by atoms with Gasteiger partial charge < -0.3 is 4.74 Å². The molecule has 94 valence electrons. The number of ether oxygens (including phenoxy) is 1. The van der Waals surface area contributed by atoms with E-state index in [1.165, 1.54) is 12.2 Å². The second-order valence-electron chi connectivity index (χ2n) is 3.83. The van der Waals surface area contributed by atoms with Crippen molar-refractivity contribution in [2.45, 2.75) is 20.0 Å². The predicted octanol–water partition coefficient (Wildman–Crippen LogP) is 1.98. The normalized spacial score (nSPS) is 10.6. The number of hydrogen-bond acceptors (Lipinski definition) is 5. The number of rotatable bonds is 5. The van der Waals surface area contributed by atoms with E-state index in [-0.39, 0.29) is 17.5 Å². The third-order valence-corrected chi connectivity index (χ3v) is 1.92. The SMILES string of the molecule is CC(C)OC(=O)C(=N)/C=C\C(=N)c1ccccn1. The van der Waals surface area contributed by atoms with Gasteiger partial charge in [0.05, 0.1) is 17.5 Å². The van der Waals surface area contributed by atoms with Crippen molar-refractivity contribution in [1.29, 1.82) is 10.8 Å². The Bertz CT molecular complexity index is 478. The van der Waals surface area contributed by atoms with Crippen molar-refractivity contribution in [3.05, 3.63) is 42.2 Å². The molecule has 0 atom stereocenters. The summed E-state index contributed by atoms with van der Waals surface area (Å²) >= 11 is 0. The van der Waals surface area contributed by atoms with E-state index in [0.717, 1.165) is 0 Å². The van der Waals surface area contributed by atoms with Crippen molar-refractivity contribution in [2.24, 2.45) is 0 Å². The van der Waals surface area contributed by atoms with Crippen LogP contribution in [0.2, 0.25) is 0 Å². The topological polar surface area (TPSA) is 86.9 Å². The quantitative estimate of drug-likeness (QED) is 0.614. The summed E-state index contributed by atoms with van der Waals surface area (Å²) in [6, 6.07) is 5.20. The van der Waals surface area contributed by atoms with Crippen LogP contribution in [-0.2, 0) is 9.53 Å². The van der Waals surface area contributed by atoms with Crippen LogP contribution in [0.5, 0.6) is 0 Å². The number of nitrogens with zero attached hydrogens (tertiary/aromatic N) is 1. The van der Waals surface area contributed by atoms with Crippen LogP contribution in [0.1, 0.15) is 19.5 Å². The molecule has 0 aromatic carbocycles. The summed E-state index contributed by atoms with van der Waals surface area (Å²) in [7, 11) is 0. The van der Waals surface area contributed by atoms with Crippen LogP contribution in [0.25, 0.3) is 0 Å². The van der Waals surface area contributed by atoms with Crippen LogP contribution in [0, 0.1) is 10.8 Å². The van der Waals surface area contributed by atoms with Gasteiger partial charge in [-0.2, -0.15) is 0 Å². The molecule has 5 heteroatoms. The van der Waals surface area contributed by atoms with E-state index >= 15 is 0 Å². The lowest BCUT2D eigenvalue weighted by molar-refractivity contribution is -0.139. The van der Waals surface area contributed by atoms with Gasteiger partial charge in [-0.25, -0.2) is 4.79 Å².